The average Bonchev–Trinajstić information content (AvgIpc) is 3.00. The maximum Gasteiger partial charge on any atom is 0.228 e. The van der Waals surface area contributed by atoms with E-state index in [1.807, 2.05) is 37.1 Å². The second-order valence-electron chi connectivity index (χ2n) is 6.76. The van der Waals surface area contributed by atoms with Crippen LogP contribution in [-0.4, -0.2) is 45.6 Å². The monoisotopic (exact) mass is 391 g/mol. The lowest BCUT2D eigenvalue weighted by molar-refractivity contribution is 0.139. The number of alkyl halides is 1. The summed E-state index contributed by atoms with van der Waals surface area (Å²) >= 11 is 7.81. The SMILES string of the molecule is Cc1cc(Nc2ncc3cc(Cl)c(C4CCN(C)CC4F)cc3n2)sn1. The number of hydrogen-bond acceptors (Lipinski definition) is 6. The summed E-state index contributed by atoms with van der Waals surface area (Å²) in [4.78, 5) is 10.9. The number of benzene rings is 1. The van der Waals surface area contributed by atoms with E-state index >= 15 is 0 Å². The van der Waals surface area contributed by atoms with Crippen LogP contribution in [0.25, 0.3) is 10.9 Å². The summed E-state index contributed by atoms with van der Waals surface area (Å²) in [6.07, 6.45) is 1.55. The maximum absolute atomic E-state index is 14.6. The standard InChI is InChI=1S/C18H19ClFN5S/c1-10-5-17(26-24-10)23-18-21-8-11-6-14(19)13(7-16(11)22-18)12-3-4-25(2)9-15(12)20/h5-8,12,15H,3-4,9H2,1-2H3,(H,21,22,23). The fourth-order valence-electron chi connectivity index (χ4n) is 3.35. The van der Waals surface area contributed by atoms with Gasteiger partial charge in [-0.1, -0.05) is 11.6 Å². The van der Waals surface area contributed by atoms with Crippen LogP contribution in [0, 0.1) is 6.92 Å². The van der Waals surface area contributed by atoms with Gasteiger partial charge in [-0.15, -0.1) is 0 Å². The third-order valence-corrected chi connectivity index (χ3v) is 5.83. The van der Waals surface area contributed by atoms with E-state index in [0.717, 1.165) is 40.1 Å². The van der Waals surface area contributed by atoms with E-state index in [4.69, 9.17) is 11.6 Å². The largest absolute Gasteiger partial charge is 0.314 e. The molecule has 2 unspecified atom stereocenters. The Morgan fingerprint density at radius 1 is 1.35 bits per heavy atom. The van der Waals surface area contributed by atoms with E-state index in [1.165, 1.54) is 11.5 Å². The molecule has 3 heterocycles. The Morgan fingerprint density at radius 2 is 2.19 bits per heavy atom. The summed E-state index contributed by atoms with van der Waals surface area (Å²) in [5, 5.41) is 5.47. The van der Waals surface area contributed by atoms with Gasteiger partial charge >= 0.3 is 0 Å². The third kappa shape index (κ3) is 3.51. The number of rotatable bonds is 3. The average molecular weight is 392 g/mol. The minimum Gasteiger partial charge on any atom is -0.314 e. The molecule has 136 valence electrons. The molecule has 3 aromatic rings. The predicted molar refractivity (Wildman–Crippen MR) is 104 cm³/mol. The van der Waals surface area contributed by atoms with Crippen LogP contribution < -0.4 is 5.32 Å². The number of hydrogen-bond donors (Lipinski definition) is 1. The van der Waals surface area contributed by atoms with Crippen LogP contribution in [0.15, 0.2) is 24.4 Å². The highest BCUT2D eigenvalue weighted by atomic mass is 35.5. The molecule has 2 atom stereocenters. The van der Waals surface area contributed by atoms with Crippen molar-refractivity contribution in [2.75, 3.05) is 25.5 Å². The van der Waals surface area contributed by atoms with E-state index in [2.05, 4.69) is 19.7 Å². The van der Waals surface area contributed by atoms with Crippen molar-refractivity contribution in [1.82, 2.24) is 19.2 Å². The van der Waals surface area contributed by atoms with Crippen LogP contribution in [0.2, 0.25) is 5.02 Å². The number of fused-ring (bicyclic) bond motifs is 1. The second-order valence-corrected chi connectivity index (χ2v) is 7.97. The number of anilines is 2. The van der Waals surface area contributed by atoms with Gasteiger partial charge in [0.05, 0.1) is 11.2 Å². The third-order valence-electron chi connectivity index (χ3n) is 4.71. The van der Waals surface area contributed by atoms with Crippen molar-refractivity contribution in [3.8, 4) is 0 Å². The Bertz CT molecular complexity index is 946. The Labute approximate surface area is 160 Å². The van der Waals surface area contributed by atoms with Gasteiger partial charge in [0.2, 0.25) is 5.95 Å². The minimum absolute atomic E-state index is 0.196. The molecule has 5 nitrogen and oxygen atoms in total. The second kappa shape index (κ2) is 7.06. The summed E-state index contributed by atoms with van der Waals surface area (Å²) in [5.41, 5.74) is 2.54. The fourth-order valence-corrected chi connectivity index (χ4v) is 4.32. The molecule has 0 bridgehead atoms. The normalized spacial score (nSPS) is 21.2. The van der Waals surface area contributed by atoms with E-state index in [1.54, 1.807) is 6.20 Å². The molecular weight excluding hydrogens is 373 g/mol. The molecule has 0 amide bonds. The zero-order valence-electron chi connectivity index (χ0n) is 14.5. The highest BCUT2D eigenvalue weighted by Crippen LogP contribution is 2.36. The lowest BCUT2D eigenvalue weighted by Crippen LogP contribution is -2.38. The first-order valence-electron chi connectivity index (χ1n) is 8.49. The summed E-state index contributed by atoms with van der Waals surface area (Å²) in [5.74, 6) is 0.299. The molecule has 0 aliphatic carbocycles. The van der Waals surface area contributed by atoms with E-state index in [0.29, 0.717) is 17.5 Å². The molecule has 1 fully saturated rings. The topological polar surface area (TPSA) is 53.9 Å². The molecule has 4 rings (SSSR count). The van der Waals surface area contributed by atoms with Gasteiger partial charge in [-0.25, -0.2) is 14.4 Å². The van der Waals surface area contributed by atoms with Crippen molar-refractivity contribution in [3.05, 3.63) is 40.7 Å². The summed E-state index contributed by atoms with van der Waals surface area (Å²) in [7, 11) is 1.94. The van der Waals surface area contributed by atoms with Crippen LogP contribution in [0.5, 0.6) is 0 Å². The quantitative estimate of drug-likeness (QED) is 0.709. The number of piperidine rings is 1. The molecule has 1 aromatic carbocycles. The molecule has 8 heteroatoms. The van der Waals surface area contributed by atoms with Gasteiger partial charge in [0.1, 0.15) is 11.2 Å². The van der Waals surface area contributed by atoms with Crippen molar-refractivity contribution >= 4 is 45.0 Å². The number of halogens is 2. The minimum atomic E-state index is -0.927. The summed E-state index contributed by atoms with van der Waals surface area (Å²) in [6, 6.07) is 5.68. The lowest BCUT2D eigenvalue weighted by Gasteiger charge is -2.33. The number of aryl methyl sites for hydroxylation is 1. The van der Waals surface area contributed by atoms with Gasteiger partial charge in [-0.2, -0.15) is 4.37 Å². The molecule has 0 saturated carbocycles. The van der Waals surface area contributed by atoms with Crippen molar-refractivity contribution in [1.29, 1.82) is 0 Å². The number of nitrogens with zero attached hydrogens (tertiary/aromatic N) is 4. The van der Waals surface area contributed by atoms with E-state index in [-0.39, 0.29) is 5.92 Å². The molecule has 2 aromatic heterocycles. The van der Waals surface area contributed by atoms with E-state index < -0.39 is 6.17 Å². The van der Waals surface area contributed by atoms with Gasteiger partial charge in [0, 0.05) is 29.1 Å². The molecule has 1 N–H and O–H groups in total. The molecule has 1 aliphatic rings. The molecule has 1 saturated heterocycles. The Balaban J connectivity index is 1.67. The van der Waals surface area contributed by atoms with Gasteiger partial charge < -0.3 is 10.2 Å². The van der Waals surface area contributed by atoms with Crippen LogP contribution >= 0.6 is 23.1 Å². The smallest absolute Gasteiger partial charge is 0.228 e. The van der Waals surface area contributed by atoms with Crippen molar-refractivity contribution in [2.45, 2.75) is 25.4 Å². The first kappa shape index (κ1) is 17.6. The first-order valence-corrected chi connectivity index (χ1v) is 9.64. The first-order chi connectivity index (χ1) is 12.5. The van der Waals surface area contributed by atoms with Crippen molar-refractivity contribution in [2.24, 2.45) is 0 Å². The number of likely N-dealkylation sites (tertiary alicyclic amines) is 1. The number of aromatic nitrogens is 3. The van der Waals surface area contributed by atoms with Gasteiger partial charge in [0.15, 0.2) is 0 Å². The maximum atomic E-state index is 14.6. The van der Waals surface area contributed by atoms with Crippen LogP contribution in [-0.2, 0) is 0 Å². The molecule has 26 heavy (non-hydrogen) atoms. The molecule has 0 radical (unpaired) electrons. The lowest BCUT2D eigenvalue weighted by atomic mass is 9.87. The van der Waals surface area contributed by atoms with Gasteiger partial charge in [-0.3, -0.25) is 0 Å². The Hall–Kier alpha value is -1.83. The molecule has 1 aliphatic heterocycles. The predicted octanol–water partition coefficient (Wildman–Crippen LogP) is 4.55. The highest BCUT2D eigenvalue weighted by molar-refractivity contribution is 7.10. The zero-order valence-corrected chi connectivity index (χ0v) is 16.1. The zero-order chi connectivity index (χ0) is 18.3. The van der Waals surface area contributed by atoms with Crippen molar-refractivity contribution < 1.29 is 4.39 Å². The summed E-state index contributed by atoms with van der Waals surface area (Å²) < 4.78 is 18.8. The van der Waals surface area contributed by atoms with E-state index in [9.17, 15) is 4.39 Å². The van der Waals surface area contributed by atoms with Gasteiger partial charge in [0.25, 0.3) is 0 Å². The summed E-state index contributed by atoms with van der Waals surface area (Å²) in [6.45, 7) is 3.23. The van der Waals surface area contributed by atoms with Crippen LogP contribution in [0.3, 0.4) is 0 Å². The fraction of sp³-hybridized carbons (Fsp3) is 0.389. The molecular formula is C18H19ClFN5S. The Morgan fingerprint density at radius 3 is 2.92 bits per heavy atom. The van der Waals surface area contributed by atoms with Crippen molar-refractivity contribution in [3.63, 3.8) is 0 Å². The molecule has 0 spiro atoms. The van der Waals surface area contributed by atoms with Crippen LogP contribution in [0.4, 0.5) is 15.3 Å². The highest BCUT2D eigenvalue weighted by Gasteiger charge is 2.30. The Kier molecular flexibility index (Phi) is 4.77. The number of nitrogens with one attached hydrogen (secondary N) is 1. The van der Waals surface area contributed by atoms with Crippen LogP contribution in [0.1, 0.15) is 23.6 Å². The van der Waals surface area contributed by atoms with Gasteiger partial charge in [-0.05, 0) is 62.2 Å².